The van der Waals surface area contributed by atoms with Crippen molar-refractivity contribution in [1.29, 1.82) is 0 Å². The van der Waals surface area contributed by atoms with Crippen LogP contribution in [0.5, 0.6) is 0 Å². The molecule has 3 aromatic rings. The van der Waals surface area contributed by atoms with Crippen LogP contribution in [0, 0.1) is 5.82 Å². The molecular formula is C31H36FN7O4. The van der Waals surface area contributed by atoms with Crippen LogP contribution in [0.25, 0.3) is 5.57 Å². The van der Waals surface area contributed by atoms with Crippen molar-refractivity contribution in [3.8, 4) is 0 Å². The second kappa shape index (κ2) is 13.8. The van der Waals surface area contributed by atoms with Gasteiger partial charge < -0.3 is 25.0 Å². The third kappa shape index (κ3) is 7.22. The van der Waals surface area contributed by atoms with Crippen molar-refractivity contribution in [2.45, 2.75) is 25.3 Å². The number of fused-ring (bicyclic) bond motifs is 1. The molecule has 1 aliphatic heterocycles. The standard InChI is InChI=1S/C31H36FN7O4/c1-38-14-16-39(17-15-38)26(19-42-2)30(41)35-25-8-5-7-21-22(25)11-12-23(21)29-24(32)18-33-31(37-29)36-27-9-4-6-20(34-27)10-13-28(40)43-3/h4-9,12,18,26H,10-11,13-17,19H2,1-3H3,(H,35,41)(H,33,34,36,37)/t26-/m1/s1. The van der Waals surface area contributed by atoms with E-state index in [0.29, 0.717) is 42.2 Å². The highest BCUT2D eigenvalue weighted by Gasteiger charge is 2.30. The summed E-state index contributed by atoms with van der Waals surface area (Å²) in [7, 11) is 5.02. The van der Waals surface area contributed by atoms with Crippen molar-refractivity contribution in [3.05, 3.63) is 77.0 Å². The molecule has 1 atom stereocenters. The van der Waals surface area contributed by atoms with Crippen LogP contribution in [-0.4, -0.2) is 96.7 Å². The predicted molar refractivity (Wildman–Crippen MR) is 160 cm³/mol. The Labute approximate surface area is 250 Å². The molecule has 1 saturated heterocycles. The molecule has 226 valence electrons. The molecule has 1 aromatic carbocycles. The first kappa shape index (κ1) is 30.2. The minimum Gasteiger partial charge on any atom is -0.469 e. The molecule has 0 saturated carbocycles. The molecule has 1 fully saturated rings. The fourth-order valence-corrected chi connectivity index (χ4v) is 5.32. The molecule has 0 bridgehead atoms. The Morgan fingerprint density at radius 3 is 2.63 bits per heavy atom. The molecule has 1 aliphatic carbocycles. The number of halogens is 1. The van der Waals surface area contributed by atoms with E-state index in [9.17, 15) is 9.59 Å². The van der Waals surface area contributed by atoms with Crippen LogP contribution >= 0.6 is 0 Å². The topological polar surface area (TPSA) is 122 Å². The number of allylic oxidation sites excluding steroid dienone is 1. The summed E-state index contributed by atoms with van der Waals surface area (Å²) in [5.41, 5.74) is 3.85. The van der Waals surface area contributed by atoms with Gasteiger partial charge in [0.2, 0.25) is 11.9 Å². The molecular weight excluding hydrogens is 553 g/mol. The lowest BCUT2D eigenvalue weighted by Crippen LogP contribution is -2.54. The normalized spacial score (nSPS) is 15.9. The van der Waals surface area contributed by atoms with Gasteiger partial charge >= 0.3 is 5.97 Å². The lowest BCUT2D eigenvalue weighted by atomic mass is 10.0. The summed E-state index contributed by atoms with van der Waals surface area (Å²) in [5, 5.41) is 6.15. The number of nitrogens with zero attached hydrogens (tertiary/aromatic N) is 5. The number of aryl methyl sites for hydroxylation is 1. The number of nitrogens with one attached hydrogen (secondary N) is 2. The number of rotatable bonds is 11. The first-order valence-corrected chi connectivity index (χ1v) is 14.2. The van der Waals surface area contributed by atoms with E-state index in [4.69, 9.17) is 9.47 Å². The maximum atomic E-state index is 15.1. The van der Waals surface area contributed by atoms with Gasteiger partial charge in [0.15, 0.2) is 5.82 Å². The minimum absolute atomic E-state index is 0.130. The van der Waals surface area contributed by atoms with Gasteiger partial charge in [0.1, 0.15) is 17.6 Å². The molecule has 0 spiro atoms. The van der Waals surface area contributed by atoms with E-state index in [0.717, 1.165) is 43.5 Å². The van der Waals surface area contributed by atoms with Gasteiger partial charge in [-0.15, -0.1) is 0 Å². The molecule has 12 heteroatoms. The van der Waals surface area contributed by atoms with Crippen molar-refractivity contribution in [3.63, 3.8) is 0 Å². The predicted octanol–water partition coefficient (Wildman–Crippen LogP) is 3.05. The van der Waals surface area contributed by atoms with E-state index in [-0.39, 0.29) is 29.9 Å². The molecule has 0 radical (unpaired) electrons. The van der Waals surface area contributed by atoms with E-state index >= 15 is 4.39 Å². The first-order chi connectivity index (χ1) is 20.9. The van der Waals surface area contributed by atoms with Crippen molar-refractivity contribution < 1.29 is 23.5 Å². The van der Waals surface area contributed by atoms with Crippen molar-refractivity contribution in [2.75, 3.05) is 64.7 Å². The van der Waals surface area contributed by atoms with Crippen LogP contribution in [0.3, 0.4) is 0 Å². The summed E-state index contributed by atoms with van der Waals surface area (Å²) in [6.45, 7) is 3.64. The number of ether oxygens (including phenoxy) is 2. The Morgan fingerprint density at radius 2 is 1.86 bits per heavy atom. The fourth-order valence-electron chi connectivity index (χ4n) is 5.32. The van der Waals surface area contributed by atoms with E-state index in [1.807, 2.05) is 30.3 Å². The Balaban J connectivity index is 1.32. The summed E-state index contributed by atoms with van der Waals surface area (Å²) in [6, 6.07) is 10.6. The molecule has 0 unspecified atom stereocenters. The number of carbonyl (C=O) groups excluding carboxylic acids is 2. The number of hydrogen-bond donors (Lipinski definition) is 2. The first-order valence-electron chi connectivity index (χ1n) is 14.2. The van der Waals surface area contributed by atoms with E-state index < -0.39 is 11.9 Å². The lowest BCUT2D eigenvalue weighted by Gasteiger charge is -2.36. The Kier molecular flexibility index (Phi) is 9.70. The van der Waals surface area contributed by atoms with Crippen LogP contribution in [0.15, 0.2) is 48.7 Å². The third-order valence-corrected chi connectivity index (χ3v) is 7.70. The molecule has 1 amide bonds. The fraction of sp³-hybridized carbons (Fsp3) is 0.387. The maximum absolute atomic E-state index is 15.1. The average molecular weight is 590 g/mol. The number of likely N-dealkylation sites (N-methyl/N-ethyl adjacent to an activating group) is 1. The van der Waals surface area contributed by atoms with E-state index in [1.165, 1.54) is 7.11 Å². The summed E-state index contributed by atoms with van der Waals surface area (Å²) in [5.74, 6) is -0.355. The number of piperazine rings is 1. The molecule has 5 rings (SSSR count). The van der Waals surface area contributed by atoms with Crippen molar-refractivity contribution in [1.82, 2.24) is 24.8 Å². The van der Waals surface area contributed by atoms with E-state index in [2.05, 4.69) is 42.4 Å². The Hall–Kier alpha value is -4.26. The van der Waals surface area contributed by atoms with E-state index in [1.54, 1.807) is 19.2 Å². The Morgan fingerprint density at radius 1 is 1.07 bits per heavy atom. The zero-order valence-electron chi connectivity index (χ0n) is 24.6. The number of methoxy groups -OCH3 is 2. The number of benzene rings is 1. The number of carbonyl (C=O) groups is 2. The lowest BCUT2D eigenvalue weighted by molar-refractivity contribution is -0.140. The number of amides is 1. The van der Waals surface area contributed by atoms with Gasteiger partial charge in [0.25, 0.3) is 0 Å². The highest BCUT2D eigenvalue weighted by atomic mass is 19.1. The van der Waals surface area contributed by atoms with Gasteiger partial charge in [-0.05, 0) is 42.8 Å². The summed E-state index contributed by atoms with van der Waals surface area (Å²) >= 11 is 0. The average Bonchev–Trinajstić information content (AvgIpc) is 3.45. The highest BCUT2D eigenvalue weighted by molar-refractivity contribution is 5.97. The summed E-state index contributed by atoms with van der Waals surface area (Å²) in [4.78, 5) is 42.4. The quantitative estimate of drug-likeness (QED) is 0.323. The minimum atomic E-state index is -0.561. The van der Waals surface area contributed by atoms with Crippen molar-refractivity contribution >= 4 is 34.9 Å². The SMILES string of the molecule is COC[C@H](C(=O)Nc1cccc2c1CC=C2c1nc(Nc2cccc(CCC(=O)OC)n2)ncc1F)N1CCN(C)CC1. The van der Waals surface area contributed by atoms with Gasteiger partial charge in [-0.1, -0.05) is 24.3 Å². The monoisotopic (exact) mass is 589 g/mol. The number of esters is 1. The Bertz CT molecular complexity index is 1510. The maximum Gasteiger partial charge on any atom is 0.305 e. The molecule has 2 N–H and O–H groups in total. The molecule has 43 heavy (non-hydrogen) atoms. The zero-order chi connectivity index (χ0) is 30.3. The summed E-state index contributed by atoms with van der Waals surface area (Å²) < 4.78 is 25.2. The molecule has 11 nitrogen and oxygen atoms in total. The van der Waals surface area contributed by atoms with Gasteiger partial charge in [-0.2, -0.15) is 0 Å². The number of anilines is 3. The summed E-state index contributed by atoms with van der Waals surface area (Å²) in [6.07, 6.45) is 4.18. The number of hydrogen-bond acceptors (Lipinski definition) is 10. The van der Waals surface area contributed by atoms with Crippen LogP contribution in [0.4, 0.5) is 21.8 Å². The smallest absolute Gasteiger partial charge is 0.305 e. The van der Waals surface area contributed by atoms with Gasteiger partial charge in [-0.25, -0.2) is 19.3 Å². The number of aromatic nitrogens is 3. The molecule has 3 heterocycles. The van der Waals surface area contributed by atoms with Gasteiger partial charge in [0, 0.05) is 56.7 Å². The molecule has 2 aliphatic rings. The third-order valence-electron chi connectivity index (χ3n) is 7.70. The highest BCUT2D eigenvalue weighted by Crippen LogP contribution is 2.37. The molecule has 2 aromatic heterocycles. The van der Waals surface area contributed by atoms with Gasteiger partial charge in [-0.3, -0.25) is 14.5 Å². The van der Waals surface area contributed by atoms with Crippen LogP contribution in [0.2, 0.25) is 0 Å². The number of pyridine rings is 1. The zero-order valence-corrected chi connectivity index (χ0v) is 24.6. The second-order valence-corrected chi connectivity index (χ2v) is 10.6. The van der Waals surface area contributed by atoms with Crippen LogP contribution in [-0.2, 0) is 31.9 Å². The van der Waals surface area contributed by atoms with Crippen LogP contribution in [0.1, 0.15) is 28.9 Å². The largest absolute Gasteiger partial charge is 0.469 e. The van der Waals surface area contributed by atoms with Gasteiger partial charge in [0.05, 0.1) is 26.3 Å². The van der Waals surface area contributed by atoms with Crippen LogP contribution < -0.4 is 10.6 Å². The van der Waals surface area contributed by atoms with Crippen molar-refractivity contribution in [2.24, 2.45) is 0 Å². The second-order valence-electron chi connectivity index (χ2n) is 10.6.